The van der Waals surface area contributed by atoms with Crippen LogP contribution in [0.25, 0.3) is 0 Å². The second kappa shape index (κ2) is 6.21. The molecule has 0 aromatic carbocycles. The Kier molecular flexibility index (Phi) is 5.13. The highest BCUT2D eigenvalue weighted by Crippen LogP contribution is 2.15. The highest BCUT2D eigenvalue weighted by Gasteiger charge is 2.32. The zero-order valence-corrected chi connectivity index (χ0v) is 11.5. The standard InChI is InChI=1S/C12H22N2O5/c1-8-6-19-9(5-15)4-14(8)11(18)13-7-12(2,3)10(16)17/h8-9,15H,4-7H2,1-3H3,(H,13,18)(H,16,17). The van der Waals surface area contributed by atoms with Crippen molar-refractivity contribution in [3.63, 3.8) is 0 Å². The van der Waals surface area contributed by atoms with Gasteiger partial charge in [0.1, 0.15) is 0 Å². The van der Waals surface area contributed by atoms with E-state index >= 15 is 0 Å². The van der Waals surface area contributed by atoms with Crippen molar-refractivity contribution in [3.8, 4) is 0 Å². The van der Waals surface area contributed by atoms with E-state index in [1.54, 1.807) is 18.7 Å². The topological polar surface area (TPSA) is 99.1 Å². The van der Waals surface area contributed by atoms with E-state index in [4.69, 9.17) is 14.9 Å². The van der Waals surface area contributed by atoms with E-state index < -0.39 is 11.4 Å². The highest BCUT2D eigenvalue weighted by atomic mass is 16.5. The number of aliphatic carboxylic acids is 1. The molecule has 3 N–H and O–H groups in total. The lowest BCUT2D eigenvalue weighted by atomic mass is 9.94. The first-order valence-corrected chi connectivity index (χ1v) is 6.28. The first-order valence-electron chi connectivity index (χ1n) is 6.28. The Labute approximate surface area is 112 Å². The number of nitrogens with zero attached hydrogens (tertiary/aromatic N) is 1. The van der Waals surface area contributed by atoms with Crippen LogP contribution >= 0.6 is 0 Å². The minimum atomic E-state index is -1.01. The van der Waals surface area contributed by atoms with Gasteiger partial charge in [-0.25, -0.2) is 4.79 Å². The number of carbonyl (C=O) groups excluding carboxylic acids is 1. The summed E-state index contributed by atoms with van der Waals surface area (Å²) < 4.78 is 5.34. The first-order chi connectivity index (χ1) is 8.77. The molecule has 0 spiro atoms. The Balaban J connectivity index is 2.54. The molecule has 1 aliphatic rings. The van der Waals surface area contributed by atoms with Crippen LogP contribution in [0.15, 0.2) is 0 Å². The van der Waals surface area contributed by atoms with Gasteiger partial charge >= 0.3 is 12.0 Å². The molecular formula is C12H22N2O5. The monoisotopic (exact) mass is 274 g/mol. The lowest BCUT2D eigenvalue weighted by Gasteiger charge is -2.37. The number of rotatable bonds is 4. The quantitative estimate of drug-likeness (QED) is 0.664. The molecule has 0 saturated carbocycles. The van der Waals surface area contributed by atoms with Gasteiger partial charge in [0.05, 0.1) is 37.3 Å². The molecule has 19 heavy (non-hydrogen) atoms. The Morgan fingerprint density at radius 3 is 2.63 bits per heavy atom. The van der Waals surface area contributed by atoms with E-state index in [2.05, 4.69) is 5.32 Å². The number of hydrogen-bond acceptors (Lipinski definition) is 4. The third-order valence-corrected chi connectivity index (χ3v) is 3.23. The van der Waals surface area contributed by atoms with Crippen LogP contribution in [0.3, 0.4) is 0 Å². The molecule has 7 nitrogen and oxygen atoms in total. The maximum atomic E-state index is 12.0. The van der Waals surface area contributed by atoms with Crippen molar-refractivity contribution in [2.75, 3.05) is 26.3 Å². The molecule has 0 aromatic heterocycles. The predicted molar refractivity (Wildman–Crippen MR) is 67.8 cm³/mol. The molecule has 2 unspecified atom stereocenters. The zero-order valence-electron chi connectivity index (χ0n) is 11.5. The lowest BCUT2D eigenvalue weighted by Crippen LogP contribution is -2.56. The molecule has 0 aliphatic carbocycles. The second-order valence-electron chi connectivity index (χ2n) is 5.49. The molecular weight excluding hydrogens is 252 g/mol. The highest BCUT2D eigenvalue weighted by molar-refractivity contribution is 5.77. The number of hydrogen-bond donors (Lipinski definition) is 3. The minimum Gasteiger partial charge on any atom is -0.481 e. The second-order valence-corrected chi connectivity index (χ2v) is 5.49. The van der Waals surface area contributed by atoms with Gasteiger partial charge < -0.3 is 25.2 Å². The first kappa shape index (κ1) is 15.7. The number of urea groups is 1. The average molecular weight is 274 g/mol. The van der Waals surface area contributed by atoms with Gasteiger partial charge in [0, 0.05) is 6.54 Å². The number of carboxylic acid groups (broad SMARTS) is 1. The van der Waals surface area contributed by atoms with Crippen LogP contribution in [-0.4, -0.2) is 65.6 Å². The molecule has 0 radical (unpaired) electrons. The molecule has 1 aliphatic heterocycles. The average Bonchev–Trinajstić information content (AvgIpc) is 2.36. The number of morpholine rings is 1. The number of nitrogens with one attached hydrogen (secondary N) is 1. The van der Waals surface area contributed by atoms with Crippen LogP contribution in [0.5, 0.6) is 0 Å². The Morgan fingerprint density at radius 1 is 1.47 bits per heavy atom. The van der Waals surface area contributed by atoms with E-state index in [1.165, 1.54) is 0 Å². The number of amides is 2. The smallest absolute Gasteiger partial charge is 0.317 e. The number of ether oxygens (including phenoxy) is 1. The van der Waals surface area contributed by atoms with Crippen LogP contribution in [0.1, 0.15) is 20.8 Å². The van der Waals surface area contributed by atoms with E-state index in [0.717, 1.165) is 0 Å². The Morgan fingerprint density at radius 2 is 2.11 bits per heavy atom. The van der Waals surface area contributed by atoms with Crippen molar-refractivity contribution in [1.29, 1.82) is 0 Å². The molecule has 0 aromatic rings. The third kappa shape index (κ3) is 4.07. The maximum Gasteiger partial charge on any atom is 0.317 e. The van der Waals surface area contributed by atoms with Gasteiger partial charge in [-0.2, -0.15) is 0 Å². The van der Waals surface area contributed by atoms with Crippen LogP contribution in [0.4, 0.5) is 4.79 Å². The fourth-order valence-electron chi connectivity index (χ4n) is 1.68. The maximum absolute atomic E-state index is 12.0. The molecule has 1 saturated heterocycles. The summed E-state index contributed by atoms with van der Waals surface area (Å²) in [6.45, 7) is 5.52. The van der Waals surface area contributed by atoms with Gasteiger partial charge in [-0.15, -0.1) is 0 Å². The van der Waals surface area contributed by atoms with Crippen molar-refractivity contribution in [3.05, 3.63) is 0 Å². The summed E-state index contributed by atoms with van der Waals surface area (Å²) in [6.07, 6.45) is -0.380. The normalized spacial score (nSPS) is 24.1. The van der Waals surface area contributed by atoms with Crippen LogP contribution < -0.4 is 5.32 Å². The molecule has 0 bridgehead atoms. The summed E-state index contributed by atoms with van der Waals surface area (Å²) in [5.74, 6) is -0.962. The molecule has 7 heteroatoms. The largest absolute Gasteiger partial charge is 0.481 e. The van der Waals surface area contributed by atoms with E-state index in [9.17, 15) is 9.59 Å². The van der Waals surface area contributed by atoms with Crippen LogP contribution in [-0.2, 0) is 9.53 Å². The molecule has 2 atom stereocenters. The van der Waals surface area contributed by atoms with Gasteiger partial charge in [-0.05, 0) is 20.8 Å². The summed E-state index contributed by atoms with van der Waals surface area (Å²) in [6, 6.07) is -0.431. The van der Waals surface area contributed by atoms with Gasteiger partial charge in [-0.1, -0.05) is 0 Å². The SMILES string of the molecule is CC1COC(CO)CN1C(=O)NCC(C)(C)C(=O)O. The van der Waals surface area contributed by atoms with Gasteiger partial charge in [0.15, 0.2) is 0 Å². The molecule has 1 rings (SSSR count). The molecule has 2 amide bonds. The van der Waals surface area contributed by atoms with Crippen molar-refractivity contribution in [2.24, 2.45) is 5.41 Å². The van der Waals surface area contributed by atoms with Gasteiger partial charge in [0.25, 0.3) is 0 Å². The number of aliphatic hydroxyl groups excluding tert-OH is 1. The summed E-state index contributed by atoms with van der Waals surface area (Å²) in [7, 11) is 0. The van der Waals surface area contributed by atoms with Crippen molar-refractivity contribution >= 4 is 12.0 Å². The number of carboxylic acids is 1. The predicted octanol–water partition coefficient (Wildman–Crippen LogP) is -0.112. The van der Waals surface area contributed by atoms with Crippen molar-refractivity contribution < 1.29 is 24.5 Å². The molecule has 1 heterocycles. The zero-order chi connectivity index (χ0) is 14.6. The van der Waals surface area contributed by atoms with Crippen LogP contribution in [0.2, 0.25) is 0 Å². The molecule has 1 fully saturated rings. The number of carbonyl (C=O) groups is 2. The summed E-state index contributed by atoms with van der Waals surface area (Å²) in [4.78, 5) is 24.5. The summed E-state index contributed by atoms with van der Waals surface area (Å²) in [5.41, 5.74) is -1.01. The third-order valence-electron chi connectivity index (χ3n) is 3.23. The number of aliphatic hydroxyl groups is 1. The minimum absolute atomic E-state index is 0.0506. The fourth-order valence-corrected chi connectivity index (χ4v) is 1.68. The Hall–Kier alpha value is -1.34. The van der Waals surface area contributed by atoms with E-state index in [1.807, 2.05) is 6.92 Å². The van der Waals surface area contributed by atoms with E-state index in [0.29, 0.717) is 13.2 Å². The Bertz CT molecular complexity index is 345. The summed E-state index contributed by atoms with van der Waals surface area (Å²) >= 11 is 0. The lowest BCUT2D eigenvalue weighted by molar-refractivity contribution is -0.146. The van der Waals surface area contributed by atoms with Crippen molar-refractivity contribution in [1.82, 2.24) is 10.2 Å². The van der Waals surface area contributed by atoms with Crippen LogP contribution in [0, 0.1) is 5.41 Å². The van der Waals surface area contributed by atoms with Gasteiger partial charge in [0.2, 0.25) is 0 Å². The van der Waals surface area contributed by atoms with E-state index in [-0.39, 0.29) is 31.3 Å². The fraction of sp³-hybridized carbons (Fsp3) is 0.833. The molecule has 110 valence electrons. The van der Waals surface area contributed by atoms with Gasteiger partial charge in [-0.3, -0.25) is 4.79 Å². The summed E-state index contributed by atoms with van der Waals surface area (Å²) in [5, 5.41) is 20.6. The van der Waals surface area contributed by atoms with Crippen molar-refractivity contribution in [2.45, 2.75) is 32.9 Å².